The Labute approximate surface area is 100 Å². The summed E-state index contributed by atoms with van der Waals surface area (Å²) < 4.78 is 4.15. The van der Waals surface area contributed by atoms with Gasteiger partial charge in [0.05, 0.1) is 13.6 Å². The van der Waals surface area contributed by atoms with Gasteiger partial charge in [-0.05, 0) is 31.4 Å². The van der Waals surface area contributed by atoms with E-state index >= 15 is 0 Å². The van der Waals surface area contributed by atoms with Crippen LogP contribution < -0.4 is 10.1 Å². The lowest BCUT2D eigenvalue weighted by Crippen LogP contribution is -2.45. The van der Waals surface area contributed by atoms with Crippen LogP contribution in [0, 0.1) is 0 Å². The quantitative estimate of drug-likeness (QED) is 0.629. The molecule has 0 amide bonds. The summed E-state index contributed by atoms with van der Waals surface area (Å²) in [5.74, 6) is 1.17. The number of para-hydroxylation sites is 1. The van der Waals surface area contributed by atoms with Crippen LogP contribution in [0.25, 0.3) is 10.9 Å². The van der Waals surface area contributed by atoms with E-state index in [1.807, 2.05) is 29.8 Å². The van der Waals surface area contributed by atoms with Crippen molar-refractivity contribution < 1.29 is 4.57 Å². The summed E-state index contributed by atoms with van der Waals surface area (Å²) >= 11 is 0. The van der Waals surface area contributed by atoms with Crippen molar-refractivity contribution in [2.45, 2.75) is 32.2 Å². The highest BCUT2D eigenvalue weighted by molar-refractivity contribution is 5.74. The minimum Gasteiger partial charge on any atom is -0.241 e. The molecule has 3 nitrogen and oxygen atoms in total. The van der Waals surface area contributed by atoms with E-state index in [-0.39, 0.29) is 5.56 Å². The highest BCUT2D eigenvalue weighted by Crippen LogP contribution is 2.12. The smallest absolute Gasteiger partial charge is 0.241 e. The molecule has 0 radical (unpaired) electrons. The van der Waals surface area contributed by atoms with E-state index in [1.54, 1.807) is 0 Å². The van der Waals surface area contributed by atoms with Crippen LogP contribution in [0.4, 0.5) is 0 Å². The average molecular weight is 229 g/mol. The van der Waals surface area contributed by atoms with Crippen LogP contribution in [-0.4, -0.2) is 4.57 Å². The lowest BCUT2D eigenvalue weighted by Gasteiger charge is -2.08. The molecule has 2 heterocycles. The van der Waals surface area contributed by atoms with Crippen LogP contribution >= 0.6 is 0 Å². The van der Waals surface area contributed by atoms with Crippen molar-refractivity contribution in [3.63, 3.8) is 0 Å². The Hall–Kier alpha value is -1.64. The molecule has 0 saturated heterocycles. The molecule has 0 fully saturated rings. The summed E-state index contributed by atoms with van der Waals surface area (Å²) in [6.45, 7) is 1.03. The maximum Gasteiger partial charge on any atom is 0.345 e. The summed E-state index contributed by atoms with van der Waals surface area (Å²) in [6.07, 6.45) is 4.66. The highest BCUT2D eigenvalue weighted by atomic mass is 16.1. The fraction of sp³-hybridized carbons (Fsp3) is 0.429. The summed E-state index contributed by atoms with van der Waals surface area (Å²) in [7, 11) is 1.89. The van der Waals surface area contributed by atoms with Crippen LogP contribution in [0.15, 0.2) is 29.1 Å². The van der Waals surface area contributed by atoms with Gasteiger partial charge in [0.1, 0.15) is 10.9 Å². The molecule has 88 valence electrons. The largest absolute Gasteiger partial charge is 0.345 e. The normalized spacial score (nSPS) is 15.6. The van der Waals surface area contributed by atoms with Crippen LogP contribution in [0.1, 0.15) is 25.1 Å². The van der Waals surface area contributed by atoms with Gasteiger partial charge in [0.25, 0.3) is 5.82 Å². The second kappa shape index (κ2) is 3.99. The van der Waals surface area contributed by atoms with E-state index in [0.717, 1.165) is 23.9 Å². The molecule has 3 rings (SSSR count). The third-order valence-electron chi connectivity index (χ3n) is 3.71. The van der Waals surface area contributed by atoms with Gasteiger partial charge in [-0.15, -0.1) is 0 Å². The summed E-state index contributed by atoms with van der Waals surface area (Å²) in [4.78, 5) is 12.3. The molecule has 0 aliphatic carbocycles. The van der Waals surface area contributed by atoms with Gasteiger partial charge in [-0.2, -0.15) is 4.57 Å². The lowest BCUT2D eigenvalue weighted by atomic mass is 10.2. The molecule has 0 unspecified atom stereocenters. The Balaban J connectivity index is 2.44. The molecule has 1 aromatic heterocycles. The lowest BCUT2D eigenvalue weighted by molar-refractivity contribution is -0.682. The molecule has 2 aromatic rings. The number of aromatic nitrogens is 2. The Kier molecular flexibility index (Phi) is 2.46. The fourth-order valence-corrected chi connectivity index (χ4v) is 2.79. The third kappa shape index (κ3) is 1.57. The van der Waals surface area contributed by atoms with Gasteiger partial charge >= 0.3 is 5.56 Å². The first-order chi connectivity index (χ1) is 8.29. The molecule has 1 aliphatic heterocycles. The van der Waals surface area contributed by atoms with Crippen molar-refractivity contribution >= 4 is 10.9 Å². The van der Waals surface area contributed by atoms with Crippen LogP contribution in [0.2, 0.25) is 0 Å². The van der Waals surface area contributed by atoms with Crippen LogP contribution in [-0.2, 0) is 20.0 Å². The van der Waals surface area contributed by atoms with Gasteiger partial charge in [-0.3, -0.25) is 0 Å². The van der Waals surface area contributed by atoms with Crippen LogP contribution in [0.5, 0.6) is 0 Å². The number of rotatable bonds is 0. The first-order valence-corrected chi connectivity index (χ1v) is 6.29. The Bertz CT molecular complexity index is 628. The first kappa shape index (κ1) is 10.5. The Morgan fingerprint density at radius 2 is 2.00 bits per heavy atom. The predicted molar refractivity (Wildman–Crippen MR) is 66.9 cm³/mol. The van der Waals surface area contributed by atoms with Gasteiger partial charge in [0.15, 0.2) is 0 Å². The molecule has 17 heavy (non-hydrogen) atoms. The van der Waals surface area contributed by atoms with Crippen molar-refractivity contribution in [2.24, 2.45) is 7.05 Å². The van der Waals surface area contributed by atoms with Crippen molar-refractivity contribution in [3.8, 4) is 0 Å². The van der Waals surface area contributed by atoms with Gasteiger partial charge in [0.2, 0.25) is 0 Å². The number of nitrogens with zero attached hydrogens (tertiary/aromatic N) is 2. The molecule has 0 atom stereocenters. The SMILES string of the molecule is Cn1c2[n+](c3ccccc3c1=O)CCCCC2. The minimum atomic E-state index is 0.133. The summed E-state index contributed by atoms with van der Waals surface area (Å²) in [5.41, 5.74) is 1.22. The van der Waals surface area contributed by atoms with E-state index in [4.69, 9.17) is 0 Å². The molecular formula is C14H17N2O+. The maximum atomic E-state index is 12.3. The molecule has 0 saturated carbocycles. The molecule has 1 aliphatic rings. The van der Waals surface area contributed by atoms with Crippen molar-refractivity contribution in [1.82, 2.24) is 4.57 Å². The monoisotopic (exact) mass is 229 g/mol. The standard InChI is InChI=1S/C14H17N2O/c1-15-13-9-3-2-6-10-16(13)12-8-5-4-7-11(12)14(15)17/h4-5,7-8H,2-3,6,9-10H2,1H3/q+1. The van der Waals surface area contributed by atoms with Crippen LogP contribution in [0.3, 0.4) is 0 Å². The zero-order chi connectivity index (χ0) is 11.8. The first-order valence-electron chi connectivity index (χ1n) is 6.29. The van der Waals surface area contributed by atoms with Crippen molar-refractivity contribution in [1.29, 1.82) is 0 Å². The Morgan fingerprint density at radius 1 is 1.18 bits per heavy atom. The maximum absolute atomic E-state index is 12.3. The van der Waals surface area contributed by atoms with E-state index in [1.165, 1.54) is 25.1 Å². The Morgan fingerprint density at radius 3 is 2.88 bits per heavy atom. The third-order valence-corrected chi connectivity index (χ3v) is 3.71. The second-order valence-corrected chi connectivity index (χ2v) is 4.76. The molecule has 3 heteroatoms. The van der Waals surface area contributed by atoms with Crippen molar-refractivity contribution in [2.75, 3.05) is 0 Å². The average Bonchev–Trinajstić information content (AvgIpc) is 2.62. The zero-order valence-electron chi connectivity index (χ0n) is 10.1. The molecule has 0 spiro atoms. The van der Waals surface area contributed by atoms with Gasteiger partial charge in [-0.1, -0.05) is 12.1 Å². The molecule has 0 bridgehead atoms. The molecule has 1 aromatic carbocycles. The van der Waals surface area contributed by atoms with E-state index in [2.05, 4.69) is 10.6 Å². The highest BCUT2D eigenvalue weighted by Gasteiger charge is 2.22. The number of aryl methyl sites for hydroxylation is 1. The summed E-state index contributed by atoms with van der Waals surface area (Å²) in [5, 5.41) is 0.834. The molecular weight excluding hydrogens is 212 g/mol. The second-order valence-electron chi connectivity index (χ2n) is 4.76. The number of fused-ring (bicyclic) bond motifs is 3. The minimum absolute atomic E-state index is 0.133. The van der Waals surface area contributed by atoms with E-state index in [9.17, 15) is 4.79 Å². The molecule has 0 N–H and O–H groups in total. The van der Waals surface area contributed by atoms with Gasteiger partial charge in [-0.25, -0.2) is 9.36 Å². The predicted octanol–water partition coefficient (Wildman–Crippen LogP) is 1.55. The number of benzene rings is 1. The van der Waals surface area contributed by atoms with Crippen molar-refractivity contribution in [3.05, 3.63) is 40.4 Å². The van der Waals surface area contributed by atoms with Gasteiger partial charge < -0.3 is 0 Å². The zero-order valence-corrected chi connectivity index (χ0v) is 10.1. The fourth-order valence-electron chi connectivity index (χ4n) is 2.79. The topological polar surface area (TPSA) is 25.9 Å². The van der Waals surface area contributed by atoms with E-state index in [0.29, 0.717) is 0 Å². The summed E-state index contributed by atoms with van der Waals surface area (Å²) in [6, 6.07) is 7.94. The number of hydrogen-bond donors (Lipinski definition) is 0. The number of hydrogen-bond acceptors (Lipinski definition) is 1. The van der Waals surface area contributed by atoms with E-state index < -0.39 is 0 Å². The van der Waals surface area contributed by atoms with Gasteiger partial charge in [0, 0.05) is 6.42 Å².